The fourth-order valence-corrected chi connectivity index (χ4v) is 2.86. The summed E-state index contributed by atoms with van der Waals surface area (Å²) in [4.78, 5) is -0.348. The van der Waals surface area contributed by atoms with Crippen LogP contribution in [0.1, 0.15) is 19.4 Å². The minimum atomic E-state index is -3.89. The zero-order chi connectivity index (χ0) is 13.3. The van der Waals surface area contributed by atoms with Crippen molar-refractivity contribution in [1.82, 2.24) is 4.72 Å². The highest BCUT2D eigenvalue weighted by atomic mass is 35.5. The zero-order valence-corrected chi connectivity index (χ0v) is 12.2. The van der Waals surface area contributed by atoms with E-state index in [2.05, 4.69) is 4.72 Å². The van der Waals surface area contributed by atoms with Crippen molar-refractivity contribution in [1.29, 1.82) is 0 Å². The summed E-state index contributed by atoms with van der Waals surface area (Å²) in [5.74, 6) is -0.729. The molecule has 0 aliphatic carbocycles. The fourth-order valence-electron chi connectivity index (χ4n) is 1.29. The van der Waals surface area contributed by atoms with Crippen molar-refractivity contribution < 1.29 is 12.8 Å². The van der Waals surface area contributed by atoms with Crippen LogP contribution in [0.2, 0.25) is 0 Å². The average molecular weight is 297 g/mol. The lowest BCUT2D eigenvalue weighted by Crippen LogP contribution is -2.48. The largest absolute Gasteiger partial charge is 0.329 e. The Balaban J connectivity index is 0.00000289. The van der Waals surface area contributed by atoms with Gasteiger partial charge < -0.3 is 5.73 Å². The van der Waals surface area contributed by atoms with Crippen molar-refractivity contribution in [3.63, 3.8) is 0 Å². The molecule has 7 heteroatoms. The highest BCUT2D eigenvalue weighted by molar-refractivity contribution is 7.89. The first-order chi connectivity index (χ1) is 7.69. The molecule has 0 bridgehead atoms. The van der Waals surface area contributed by atoms with Gasteiger partial charge in [-0.05, 0) is 32.4 Å². The SMILES string of the molecule is Cc1cccc(S(=O)(=O)NC(C)(C)CN)c1F.Cl. The molecule has 0 spiro atoms. The van der Waals surface area contributed by atoms with E-state index < -0.39 is 21.4 Å². The van der Waals surface area contributed by atoms with Crippen LogP contribution in [0.3, 0.4) is 0 Å². The Morgan fingerprint density at radius 2 is 1.94 bits per heavy atom. The average Bonchev–Trinajstić information content (AvgIpc) is 2.20. The minimum Gasteiger partial charge on any atom is -0.329 e. The maximum absolute atomic E-state index is 13.7. The molecule has 0 amide bonds. The molecule has 104 valence electrons. The summed E-state index contributed by atoms with van der Waals surface area (Å²) in [6, 6.07) is 4.25. The lowest BCUT2D eigenvalue weighted by Gasteiger charge is -2.24. The molecule has 0 radical (unpaired) electrons. The van der Waals surface area contributed by atoms with E-state index in [1.807, 2.05) is 0 Å². The number of rotatable bonds is 4. The summed E-state index contributed by atoms with van der Waals surface area (Å²) < 4.78 is 40.0. The normalized spacial score (nSPS) is 12.1. The van der Waals surface area contributed by atoms with E-state index in [0.717, 1.165) is 0 Å². The molecule has 0 saturated carbocycles. The molecular formula is C11H18ClFN2O2S. The van der Waals surface area contributed by atoms with Gasteiger partial charge in [0.1, 0.15) is 10.7 Å². The molecule has 1 aromatic carbocycles. The van der Waals surface area contributed by atoms with Crippen LogP contribution in [0.5, 0.6) is 0 Å². The first-order valence-corrected chi connectivity index (χ1v) is 6.67. The molecule has 0 saturated heterocycles. The smallest absolute Gasteiger partial charge is 0.244 e. The molecule has 0 aliphatic rings. The Kier molecular flexibility index (Phi) is 5.74. The van der Waals surface area contributed by atoms with Gasteiger partial charge in [0.2, 0.25) is 10.0 Å². The van der Waals surface area contributed by atoms with Gasteiger partial charge in [0.25, 0.3) is 0 Å². The van der Waals surface area contributed by atoms with Gasteiger partial charge in [0.15, 0.2) is 0 Å². The van der Waals surface area contributed by atoms with Gasteiger partial charge >= 0.3 is 0 Å². The quantitative estimate of drug-likeness (QED) is 0.886. The number of nitrogens with two attached hydrogens (primary N) is 1. The van der Waals surface area contributed by atoms with E-state index in [9.17, 15) is 12.8 Å². The van der Waals surface area contributed by atoms with Gasteiger partial charge in [0, 0.05) is 12.1 Å². The summed E-state index contributed by atoms with van der Waals surface area (Å²) >= 11 is 0. The summed E-state index contributed by atoms with van der Waals surface area (Å²) in [6.07, 6.45) is 0. The highest BCUT2D eigenvalue weighted by Gasteiger charge is 2.27. The Bertz CT molecular complexity index is 518. The van der Waals surface area contributed by atoms with Crippen molar-refractivity contribution in [2.75, 3.05) is 6.54 Å². The number of hydrogen-bond donors (Lipinski definition) is 2. The number of nitrogens with one attached hydrogen (secondary N) is 1. The van der Waals surface area contributed by atoms with Crippen molar-refractivity contribution in [2.45, 2.75) is 31.2 Å². The molecule has 0 fully saturated rings. The monoisotopic (exact) mass is 296 g/mol. The third kappa shape index (κ3) is 3.91. The van der Waals surface area contributed by atoms with Gasteiger partial charge in [-0.2, -0.15) is 0 Å². The van der Waals surface area contributed by atoms with Gasteiger partial charge in [-0.3, -0.25) is 0 Å². The highest BCUT2D eigenvalue weighted by Crippen LogP contribution is 2.18. The standard InChI is InChI=1S/C11H17FN2O2S.ClH/c1-8-5-4-6-9(10(8)12)17(15,16)14-11(2,3)7-13;/h4-6,14H,7,13H2,1-3H3;1H. The molecule has 0 aliphatic heterocycles. The number of halogens is 2. The van der Waals surface area contributed by atoms with Crippen molar-refractivity contribution in [3.8, 4) is 0 Å². The summed E-state index contributed by atoms with van der Waals surface area (Å²) in [5.41, 5.74) is 4.92. The molecule has 3 N–H and O–H groups in total. The summed E-state index contributed by atoms with van der Waals surface area (Å²) in [6.45, 7) is 4.92. The van der Waals surface area contributed by atoms with Crippen LogP contribution < -0.4 is 10.5 Å². The predicted molar refractivity (Wildman–Crippen MR) is 71.8 cm³/mol. The molecule has 0 heterocycles. The Hall–Kier alpha value is -0.690. The minimum absolute atomic E-state index is 0. The number of hydrogen-bond acceptors (Lipinski definition) is 3. The van der Waals surface area contributed by atoms with E-state index >= 15 is 0 Å². The second kappa shape index (κ2) is 5.97. The Morgan fingerprint density at radius 1 is 1.39 bits per heavy atom. The Labute approximate surface area is 113 Å². The van der Waals surface area contributed by atoms with Gasteiger partial charge in [0.05, 0.1) is 0 Å². The topological polar surface area (TPSA) is 72.2 Å². The van der Waals surface area contributed by atoms with Crippen LogP contribution in [0.25, 0.3) is 0 Å². The van der Waals surface area contributed by atoms with Gasteiger partial charge in [-0.1, -0.05) is 12.1 Å². The molecule has 0 atom stereocenters. The van der Waals surface area contributed by atoms with Crippen LogP contribution in [0.15, 0.2) is 23.1 Å². The summed E-state index contributed by atoms with van der Waals surface area (Å²) in [7, 11) is -3.89. The van der Waals surface area contributed by atoms with Crippen LogP contribution in [0.4, 0.5) is 4.39 Å². The van der Waals surface area contributed by atoms with E-state index in [1.165, 1.54) is 25.1 Å². The third-order valence-corrected chi connectivity index (χ3v) is 4.08. The van der Waals surface area contributed by atoms with Crippen LogP contribution in [-0.4, -0.2) is 20.5 Å². The Morgan fingerprint density at radius 3 is 2.44 bits per heavy atom. The number of benzene rings is 1. The van der Waals surface area contributed by atoms with Crippen LogP contribution >= 0.6 is 12.4 Å². The van der Waals surface area contributed by atoms with E-state index in [0.29, 0.717) is 5.56 Å². The molecule has 1 rings (SSSR count). The molecule has 18 heavy (non-hydrogen) atoms. The second-order valence-corrected chi connectivity index (χ2v) is 6.23. The lowest BCUT2D eigenvalue weighted by atomic mass is 10.1. The maximum atomic E-state index is 13.7. The van der Waals surface area contributed by atoms with Crippen molar-refractivity contribution in [2.24, 2.45) is 5.73 Å². The first kappa shape index (κ1) is 17.3. The van der Waals surface area contributed by atoms with Gasteiger partial charge in [-0.25, -0.2) is 17.5 Å². The van der Waals surface area contributed by atoms with E-state index in [4.69, 9.17) is 5.73 Å². The molecular weight excluding hydrogens is 279 g/mol. The van der Waals surface area contributed by atoms with Crippen molar-refractivity contribution >= 4 is 22.4 Å². The fraction of sp³-hybridized carbons (Fsp3) is 0.455. The number of sulfonamides is 1. The molecule has 0 unspecified atom stereocenters. The van der Waals surface area contributed by atoms with Crippen LogP contribution in [0, 0.1) is 12.7 Å². The van der Waals surface area contributed by atoms with Crippen molar-refractivity contribution in [3.05, 3.63) is 29.6 Å². The number of aryl methyl sites for hydroxylation is 1. The predicted octanol–water partition coefficient (Wildman–Crippen LogP) is 1.57. The molecule has 0 aromatic heterocycles. The van der Waals surface area contributed by atoms with E-state index in [1.54, 1.807) is 13.8 Å². The molecule has 4 nitrogen and oxygen atoms in total. The lowest BCUT2D eigenvalue weighted by molar-refractivity contribution is 0.459. The zero-order valence-electron chi connectivity index (χ0n) is 10.5. The molecule has 1 aromatic rings. The van der Waals surface area contributed by atoms with Crippen LogP contribution in [-0.2, 0) is 10.0 Å². The van der Waals surface area contributed by atoms with Gasteiger partial charge in [-0.15, -0.1) is 12.4 Å². The second-order valence-electron chi connectivity index (χ2n) is 4.58. The third-order valence-electron chi connectivity index (χ3n) is 2.37. The summed E-state index contributed by atoms with van der Waals surface area (Å²) in [5, 5.41) is 0. The van der Waals surface area contributed by atoms with E-state index in [-0.39, 0.29) is 23.8 Å². The maximum Gasteiger partial charge on any atom is 0.244 e. The first-order valence-electron chi connectivity index (χ1n) is 5.19.